The van der Waals surface area contributed by atoms with Crippen LogP contribution in [0.15, 0.2) is 38.1 Å². The molecule has 0 bridgehead atoms. The molecule has 1 atom stereocenters. The van der Waals surface area contributed by atoms with Crippen molar-refractivity contribution < 1.29 is 33.7 Å². The third-order valence-electron chi connectivity index (χ3n) is 4.62. The normalized spacial score (nSPS) is 12.3. The number of carbonyl (C=O) groups is 1. The average Bonchev–Trinajstić information content (AvgIpc) is 3.42. The van der Waals surface area contributed by atoms with Gasteiger partial charge in [0.1, 0.15) is 18.1 Å². The number of hydrogen-bond donors (Lipinski definition) is 4. The van der Waals surface area contributed by atoms with Gasteiger partial charge < -0.3 is 28.9 Å². The zero-order chi connectivity index (χ0) is 21.7. The van der Waals surface area contributed by atoms with Gasteiger partial charge in [-0.1, -0.05) is 26.2 Å². The first-order valence-electron chi connectivity index (χ1n) is 9.60. The largest absolute Gasteiger partial charge is 0.493 e. The number of nitrogens with one attached hydrogen (secondary N) is 1. The van der Waals surface area contributed by atoms with Crippen LogP contribution in [0.4, 0.5) is 0 Å². The maximum atomic E-state index is 12.2. The van der Waals surface area contributed by atoms with E-state index in [-0.39, 0.29) is 42.2 Å². The predicted octanol–water partition coefficient (Wildman–Crippen LogP) is 3.09. The summed E-state index contributed by atoms with van der Waals surface area (Å²) in [5.74, 6) is -1.37. The maximum absolute atomic E-state index is 12.2. The maximum Gasteiger partial charge on any atom is 0.371 e. The van der Waals surface area contributed by atoms with Crippen molar-refractivity contribution in [3.63, 3.8) is 0 Å². The number of aliphatic hydroxyl groups is 1. The molecule has 3 rings (SSSR count). The Labute approximate surface area is 171 Å². The second kappa shape index (κ2) is 9.51. The SMILES string of the molecule is CCCCCC(O)c1coc(-n2c(COCc3ccc(C(=O)O)o3)c(O)[nH]c2=O)c1. The van der Waals surface area contributed by atoms with Crippen LogP contribution < -0.4 is 5.69 Å². The molecule has 0 aliphatic rings. The number of aromatic amines is 1. The standard InChI is InChI=1S/C20H24N2O8/c1-2-3-4-5-15(23)12-8-17(29-9-12)22-14(18(24)21-20(22)27)11-28-10-13-6-7-16(30-13)19(25)26/h6-9,15,23-24H,2-5,10-11H2,1H3,(H,21,27)(H,25,26). The Morgan fingerprint density at radius 2 is 2.10 bits per heavy atom. The van der Waals surface area contributed by atoms with Crippen molar-refractivity contribution >= 4 is 5.97 Å². The van der Waals surface area contributed by atoms with E-state index in [1.54, 1.807) is 6.07 Å². The number of aromatic carboxylic acids is 1. The number of aromatic hydroxyl groups is 1. The lowest BCUT2D eigenvalue weighted by Crippen LogP contribution is -2.16. The Balaban J connectivity index is 1.71. The smallest absolute Gasteiger partial charge is 0.371 e. The zero-order valence-corrected chi connectivity index (χ0v) is 16.5. The third-order valence-corrected chi connectivity index (χ3v) is 4.62. The number of nitrogens with zero attached hydrogens (tertiary/aromatic N) is 1. The Bertz CT molecular complexity index is 1040. The number of aliphatic hydroxyl groups excluding tert-OH is 1. The molecular weight excluding hydrogens is 396 g/mol. The fourth-order valence-corrected chi connectivity index (χ4v) is 3.03. The highest BCUT2D eigenvalue weighted by Crippen LogP contribution is 2.25. The van der Waals surface area contributed by atoms with Gasteiger partial charge in [0.25, 0.3) is 0 Å². The van der Waals surface area contributed by atoms with Crippen LogP contribution in [-0.2, 0) is 18.0 Å². The molecule has 0 amide bonds. The molecule has 0 aliphatic carbocycles. The summed E-state index contributed by atoms with van der Waals surface area (Å²) in [7, 11) is 0. The molecule has 10 nitrogen and oxygen atoms in total. The van der Waals surface area contributed by atoms with E-state index in [1.807, 2.05) is 0 Å². The lowest BCUT2D eigenvalue weighted by atomic mass is 10.1. The quantitative estimate of drug-likeness (QED) is 0.345. The highest BCUT2D eigenvalue weighted by Gasteiger charge is 2.20. The summed E-state index contributed by atoms with van der Waals surface area (Å²) in [6.07, 6.45) is 4.18. The van der Waals surface area contributed by atoms with E-state index in [0.717, 1.165) is 23.8 Å². The van der Waals surface area contributed by atoms with Crippen LogP contribution in [0.1, 0.15) is 66.3 Å². The van der Waals surface area contributed by atoms with Gasteiger partial charge in [-0.05, 0) is 18.6 Å². The summed E-state index contributed by atoms with van der Waals surface area (Å²) >= 11 is 0. The number of aromatic nitrogens is 2. The van der Waals surface area contributed by atoms with Gasteiger partial charge >= 0.3 is 11.7 Å². The van der Waals surface area contributed by atoms with Crippen molar-refractivity contribution in [1.82, 2.24) is 9.55 Å². The van der Waals surface area contributed by atoms with E-state index >= 15 is 0 Å². The lowest BCUT2D eigenvalue weighted by Gasteiger charge is -2.07. The Morgan fingerprint density at radius 1 is 1.30 bits per heavy atom. The highest BCUT2D eigenvalue weighted by molar-refractivity contribution is 5.84. The van der Waals surface area contributed by atoms with Crippen LogP contribution in [0.3, 0.4) is 0 Å². The number of imidazole rings is 1. The van der Waals surface area contributed by atoms with E-state index in [9.17, 15) is 19.8 Å². The van der Waals surface area contributed by atoms with Crippen LogP contribution in [0.2, 0.25) is 0 Å². The van der Waals surface area contributed by atoms with Gasteiger partial charge in [-0.15, -0.1) is 0 Å². The molecule has 0 spiro atoms. The molecular formula is C20H24N2O8. The minimum Gasteiger partial charge on any atom is -0.493 e. The molecule has 3 aromatic heterocycles. The average molecular weight is 420 g/mol. The van der Waals surface area contributed by atoms with E-state index in [2.05, 4.69) is 11.9 Å². The predicted molar refractivity (Wildman–Crippen MR) is 104 cm³/mol. The second-order valence-electron chi connectivity index (χ2n) is 6.85. The molecule has 0 saturated carbocycles. The Hall–Kier alpha value is -3.24. The highest BCUT2D eigenvalue weighted by atomic mass is 16.5. The number of rotatable bonds is 11. The van der Waals surface area contributed by atoms with Gasteiger partial charge in [-0.25, -0.2) is 14.2 Å². The van der Waals surface area contributed by atoms with Crippen LogP contribution in [0.5, 0.6) is 5.88 Å². The molecule has 4 N–H and O–H groups in total. The van der Waals surface area contributed by atoms with Crippen molar-refractivity contribution in [2.24, 2.45) is 0 Å². The molecule has 30 heavy (non-hydrogen) atoms. The molecule has 10 heteroatoms. The van der Waals surface area contributed by atoms with Crippen LogP contribution in [-0.4, -0.2) is 30.8 Å². The van der Waals surface area contributed by atoms with Crippen molar-refractivity contribution in [2.45, 2.75) is 51.9 Å². The van der Waals surface area contributed by atoms with Gasteiger partial charge in [0.2, 0.25) is 17.5 Å². The van der Waals surface area contributed by atoms with Gasteiger partial charge in [-0.2, -0.15) is 0 Å². The molecule has 1 unspecified atom stereocenters. The van der Waals surface area contributed by atoms with Gasteiger partial charge in [0.15, 0.2) is 0 Å². The van der Waals surface area contributed by atoms with E-state index < -0.39 is 17.8 Å². The van der Waals surface area contributed by atoms with Gasteiger partial charge in [-0.3, -0.25) is 4.98 Å². The van der Waals surface area contributed by atoms with E-state index in [1.165, 1.54) is 18.4 Å². The molecule has 0 radical (unpaired) electrons. The first-order chi connectivity index (χ1) is 14.4. The zero-order valence-electron chi connectivity index (χ0n) is 16.5. The first kappa shape index (κ1) is 21.5. The Morgan fingerprint density at radius 3 is 2.80 bits per heavy atom. The number of carboxylic acids is 1. The lowest BCUT2D eigenvalue weighted by molar-refractivity contribution is 0.0637. The first-order valence-corrected chi connectivity index (χ1v) is 9.60. The molecule has 162 valence electrons. The minimum absolute atomic E-state index is 0.0639. The summed E-state index contributed by atoms with van der Waals surface area (Å²) < 4.78 is 17.1. The molecule has 0 saturated heterocycles. The number of unbranched alkanes of at least 4 members (excludes halogenated alkanes) is 2. The monoisotopic (exact) mass is 420 g/mol. The van der Waals surface area contributed by atoms with Crippen LogP contribution in [0, 0.1) is 0 Å². The summed E-state index contributed by atoms with van der Waals surface area (Å²) in [5.41, 5.74) is 0.0300. The third kappa shape index (κ3) is 4.84. The van der Waals surface area contributed by atoms with Gasteiger partial charge in [0.05, 0.1) is 19.0 Å². The fourth-order valence-electron chi connectivity index (χ4n) is 3.03. The van der Waals surface area contributed by atoms with E-state index in [0.29, 0.717) is 12.0 Å². The molecule has 3 aromatic rings. The minimum atomic E-state index is -1.19. The number of furan rings is 2. The fraction of sp³-hybridized carbons (Fsp3) is 0.400. The van der Waals surface area contributed by atoms with Crippen LogP contribution >= 0.6 is 0 Å². The topological polar surface area (TPSA) is 151 Å². The van der Waals surface area contributed by atoms with Crippen molar-refractivity contribution in [3.8, 4) is 11.8 Å². The number of carboxylic acid groups (broad SMARTS) is 1. The number of ether oxygens (including phenoxy) is 1. The van der Waals surface area contributed by atoms with Gasteiger partial charge in [0, 0.05) is 11.6 Å². The summed E-state index contributed by atoms with van der Waals surface area (Å²) in [6, 6.07) is 4.31. The summed E-state index contributed by atoms with van der Waals surface area (Å²) in [5, 5.41) is 29.2. The summed E-state index contributed by atoms with van der Waals surface area (Å²) in [6.45, 7) is 1.84. The van der Waals surface area contributed by atoms with Crippen molar-refractivity contribution in [1.29, 1.82) is 0 Å². The van der Waals surface area contributed by atoms with Crippen LogP contribution in [0.25, 0.3) is 5.88 Å². The summed E-state index contributed by atoms with van der Waals surface area (Å²) in [4.78, 5) is 25.4. The second-order valence-corrected chi connectivity index (χ2v) is 6.85. The molecule has 3 heterocycles. The molecule has 0 fully saturated rings. The number of H-pyrrole nitrogens is 1. The van der Waals surface area contributed by atoms with Crippen molar-refractivity contribution in [2.75, 3.05) is 0 Å². The molecule has 0 aromatic carbocycles. The Kier molecular flexibility index (Phi) is 6.80. The number of hydrogen-bond acceptors (Lipinski definition) is 7. The van der Waals surface area contributed by atoms with E-state index in [4.69, 9.17) is 18.7 Å². The van der Waals surface area contributed by atoms with Crippen molar-refractivity contribution in [3.05, 3.63) is 57.7 Å². The molecule has 0 aliphatic heterocycles.